The Kier molecular flexibility index (Phi) is 3.09. The Labute approximate surface area is 76.3 Å². The van der Waals surface area contributed by atoms with Gasteiger partial charge in [-0.15, -0.1) is 0 Å². The van der Waals surface area contributed by atoms with Gasteiger partial charge in [-0.2, -0.15) is 0 Å². The minimum Gasteiger partial charge on any atom is -0.504 e. The maximum atomic E-state index is 10.0. The highest BCUT2D eigenvalue weighted by atomic mass is 16.5. The first-order valence-corrected chi connectivity index (χ1v) is 3.77. The summed E-state index contributed by atoms with van der Waals surface area (Å²) >= 11 is 0. The average Bonchev–Trinajstić information content (AvgIpc) is 2.16. The zero-order valence-corrected chi connectivity index (χ0v) is 7.23. The lowest BCUT2D eigenvalue weighted by Gasteiger charge is -2.04. The van der Waals surface area contributed by atoms with Gasteiger partial charge in [0.05, 0.1) is 7.11 Å². The lowest BCUT2D eigenvalue weighted by molar-refractivity contribution is -0.104. The number of carbonyl (C=O) groups is 1. The lowest BCUT2D eigenvalue weighted by atomic mass is 10.2. The molecule has 0 fully saturated rings. The smallest absolute Gasteiger partial charge is 0.165 e. The van der Waals surface area contributed by atoms with Gasteiger partial charge in [-0.1, -0.05) is 12.1 Å². The Hall–Kier alpha value is -1.77. The fourth-order valence-corrected chi connectivity index (χ4v) is 0.981. The topological polar surface area (TPSA) is 46.5 Å². The molecule has 1 aromatic carbocycles. The van der Waals surface area contributed by atoms with E-state index in [0.717, 1.165) is 0 Å². The molecular weight excluding hydrogens is 168 g/mol. The molecule has 0 saturated heterocycles. The van der Waals surface area contributed by atoms with Gasteiger partial charge in [-0.05, 0) is 18.2 Å². The van der Waals surface area contributed by atoms with Crippen molar-refractivity contribution in [2.24, 2.45) is 0 Å². The van der Waals surface area contributed by atoms with E-state index >= 15 is 0 Å². The van der Waals surface area contributed by atoms with Gasteiger partial charge in [0.25, 0.3) is 0 Å². The monoisotopic (exact) mass is 178 g/mol. The summed E-state index contributed by atoms with van der Waals surface area (Å²) in [4.78, 5) is 10.0. The number of hydrogen-bond acceptors (Lipinski definition) is 3. The number of rotatable bonds is 3. The first-order chi connectivity index (χ1) is 6.29. The van der Waals surface area contributed by atoms with Crippen LogP contribution < -0.4 is 4.74 Å². The molecule has 0 radical (unpaired) electrons. The zero-order valence-electron chi connectivity index (χ0n) is 7.23. The van der Waals surface area contributed by atoms with Gasteiger partial charge in [0.15, 0.2) is 11.5 Å². The van der Waals surface area contributed by atoms with Crippen LogP contribution in [0.15, 0.2) is 24.3 Å². The molecule has 0 unspecified atom stereocenters. The van der Waals surface area contributed by atoms with Crippen LogP contribution in [0, 0.1) is 0 Å². The molecule has 0 spiro atoms. The molecule has 1 aromatic rings. The second kappa shape index (κ2) is 4.30. The van der Waals surface area contributed by atoms with Crippen molar-refractivity contribution >= 4 is 12.4 Å². The number of methoxy groups -OCH3 is 1. The molecule has 0 amide bonds. The van der Waals surface area contributed by atoms with Crippen molar-refractivity contribution in [3.05, 3.63) is 29.8 Å². The molecule has 0 heterocycles. The summed E-state index contributed by atoms with van der Waals surface area (Å²) in [5.41, 5.74) is 0.562. The normalized spacial score (nSPS) is 10.2. The molecule has 3 heteroatoms. The van der Waals surface area contributed by atoms with Crippen LogP contribution in [0.1, 0.15) is 5.56 Å². The molecule has 1 N–H and O–H groups in total. The Morgan fingerprint density at radius 3 is 2.85 bits per heavy atom. The summed E-state index contributed by atoms with van der Waals surface area (Å²) in [6, 6.07) is 5.08. The van der Waals surface area contributed by atoms with Crippen LogP contribution in [0.3, 0.4) is 0 Å². The number of phenols is 1. The molecule has 0 saturated carbocycles. The number of aldehydes is 1. The van der Waals surface area contributed by atoms with Gasteiger partial charge in [0, 0.05) is 5.56 Å². The van der Waals surface area contributed by atoms with Crippen molar-refractivity contribution in [2.75, 3.05) is 7.11 Å². The van der Waals surface area contributed by atoms with E-state index in [9.17, 15) is 9.90 Å². The standard InChI is InChI=1S/C10H10O3/c1-13-9-6-2-4-8(10(9)12)5-3-7-11/h2-7,12H,1H3. The average molecular weight is 178 g/mol. The second-order valence-electron chi connectivity index (χ2n) is 2.39. The summed E-state index contributed by atoms with van der Waals surface area (Å²) in [7, 11) is 1.47. The number of carbonyl (C=O) groups excluding carboxylic acids is 1. The van der Waals surface area contributed by atoms with E-state index in [-0.39, 0.29) is 5.75 Å². The maximum Gasteiger partial charge on any atom is 0.165 e. The van der Waals surface area contributed by atoms with E-state index in [1.165, 1.54) is 19.3 Å². The van der Waals surface area contributed by atoms with Crippen molar-refractivity contribution in [1.29, 1.82) is 0 Å². The first kappa shape index (κ1) is 9.32. The molecule has 0 aliphatic rings. The van der Waals surface area contributed by atoms with E-state index < -0.39 is 0 Å². The molecule has 0 aromatic heterocycles. The quantitative estimate of drug-likeness (QED) is 0.565. The highest BCUT2D eigenvalue weighted by Gasteiger charge is 2.03. The van der Waals surface area contributed by atoms with Gasteiger partial charge in [-0.3, -0.25) is 4.79 Å². The fourth-order valence-electron chi connectivity index (χ4n) is 0.981. The summed E-state index contributed by atoms with van der Waals surface area (Å²) < 4.78 is 4.89. The van der Waals surface area contributed by atoms with Crippen molar-refractivity contribution in [3.8, 4) is 11.5 Å². The van der Waals surface area contributed by atoms with E-state index in [0.29, 0.717) is 17.6 Å². The molecule has 13 heavy (non-hydrogen) atoms. The third-order valence-electron chi connectivity index (χ3n) is 1.60. The molecule has 0 bridgehead atoms. The Balaban J connectivity index is 3.07. The Morgan fingerprint density at radius 1 is 1.46 bits per heavy atom. The summed E-state index contributed by atoms with van der Waals surface area (Å²) in [5, 5.41) is 9.52. The Bertz CT molecular complexity index is 329. The Morgan fingerprint density at radius 2 is 2.23 bits per heavy atom. The molecule has 0 atom stereocenters. The van der Waals surface area contributed by atoms with Gasteiger partial charge >= 0.3 is 0 Å². The molecule has 1 rings (SSSR count). The number of para-hydroxylation sites is 1. The van der Waals surface area contributed by atoms with Crippen molar-refractivity contribution in [2.45, 2.75) is 0 Å². The summed E-state index contributed by atoms with van der Waals surface area (Å²) in [5.74, 6) is 0.441. The van der Waals surface area contributed by atoms with E-state index in [1.54, 1.807) is 18.2 Å². The minimum atomic E-state index is 0.0445. The van der Waals surface area contributed by atoms with Gasteiger partial charge in [0.2, 0.25) is 0 Å². The van der Waals surface area contributed by atoms with Crippen LogP contribution in [0.4, 0.5) is 0 Å². The number of phenolic OH excluding ortho intramolecular Hbond substituents is 1. The molecule has 0 aliphatic carbocycles. The highest BCUT2D eigenvalue weighted by Crippen LogP contribution is 2.29. The van der Waals surface area contributed by atoms with Crippen LogP contribution in [0.2, 0.25) is 0 Å². The highest BCUT2D eigenvalue weighted by molar-refractivity contribution is 5.76. The van der Waals surface area contributed by atoms with Crippen molar-refractivity contribution < 1.29 is 14.6 Å². The van der Waals surface area contributed by atoms with Gasteiger partial charge in [0.1, 0.15) is 6.29 Å². The molecule has 3 nitrogen and oxygen atoms in total. The van der Waals surface area contributed by atoms with Crippen LogP contribution >= 0.6 is 0 Å². The van der Waals surface area contributed by atoms with Crippen LogP contribution in [0.5, 0.6) is 11.5 Å². The van der Waals surface area contributed by atoms with Crippen molar-refractivity contribution in [1.82, 2.24) is 0 Å². The molecular formula is C10H10O3. The third kappa shape index (κ3) is 2.08. The summed E-state index contributed by atoms with van der Waals surface area (Å²) in [6.07, 6.45) is 3.48. The van der Waals surface area contributed by atoms with E-state index in [1.807, 2.05) is 0 Å². The van der Waals surface area contributed by atoms with Crippen LogP contribution in [-0.4, -0.2) is 18.5 Å². The number of ether oxygens (including phenoxy) is 1. The van der Waals surface area contributed by atoms with Gasteiger partial charge in [-0.25, -0.2) is 0 Å². The van der Waals surface area contributed by atoms with Gasteiger partial charge < -0.3 is 9.84 Å². The fraction of sp³-hybridized carbons (Fsp3) is 0.100. The SMILES string of the molecule is COc1cccc(C=CC=O)c1O. The zero-order chi connectivity index (χ0) is 9.68. The van der Waals surface area contributed by atoms with Crippen LogP contribution in [-0.2, 0) is 4.79 Å². The summed E-state index contributed by atoms with van der Waals surface area (Å²) in [6.45, 7) is 0. The van der Waals surface area contributed by atoms with Crippen LogP contribution in [0.25, 0.3) is 6.08 Å². The number of benzene rings is 1. The predicted molar refractivity (Wildman–Crippen MR) is 49.8 cm³/mol. The molecule has 68 valence electrons. The number of hydrogen-bond donors (Lipinski definition) is 1. The number of allylic oxidation sites excluding steroid dienone is 1. The minimum absolute atomic E-state index is 0.0445. The molecule has 0 aliphatic heterocycles. The largest absolute Gasteiger partial charge is 0.504 e. The third-order valence-corrected chi connectivity index (χ3v) is 1.60. The first-order valence-electron chi connectivity index (χ1n) is 3.77. The van der Waals surface area contributed by atoms with E-state index in [4.69, 9.17) is 4.74 Å². The van der Waals surface area contributed by atoms with Crippen molar-refractivity contribution in [3.63, 3.8) is 0 Å². The number of aromatic hydroxyl groups is 1. The predicted octanol–water partition coefficient (Wildman–Crippen LogP) is 1.61. The second-order valence-corrected chi connectivity index (χ2v) is 2.39. The van der Waals surface area contributed by atoms with E-state index in [2.05, 4.69) is 0 Å². The lowest BCUT2D eigenvalue weighted by Crippen LogP contribution is -1.84. The maximum absolute atomic E-state index is 10.0.